The summed E-state index contributed by atoms with van der Waals surface area (Å²) in [6.07, 6.45) is -0.233. The lowest BCUT2D eigenvalue weighted by atomic mass is 9.93. The van der Waals surface area contributed by atoms with E-state index in [0.717, 1.165) is 12.1 Å². The number of carbonyl (C=O) groups is 2. The first-order valence-corrected chi connectivity index (χ1v) is 9.68. The summed E-state index contributed by atoms with van der Waals surface area (Å²) in [4.78, 5) is 20.7. The van der Waals surface area contributed by atoms with Gasteiger partial charge in [-0.3, -0.25) is 9.48 Å². The highest BCUT2D eigenvalue weighted by Gasteiger charge is 2.38. The van der Waals surface area contributed by atoms with Crippen molar-refractivity contribution in [1.82, 2.24) is 20.4 Å². The number of alkyl halides is 3. The molecule has 31 heavy (non-hydrogen) atoms. The van der Waals surface area contributed by atoms with E-state index in [-0.39, 0.29) is 23.8 Å². The Morgan fingerprint density at radius 3 is 2.68 bits per heavy atom. The van der Waals surface area contributed by atoms with Gasteiger partial charge in [0.15, 0.2) is 0 Å². The number of carboxylic acid groups (broad SMARTS) is 1. The number of benzene rings is 1. The highest BCUT2D eigenvalue weighted by molar-refractivity contribution is 6.30. The Kier molecular flexibility index (Phi) is 8.40. The van der Waals surface area contributed by atoms with E-state index in [4.69, 9.17) is 21.5 Å². The maximum Gasteiger partial charge on any atom is 0.490 e. The number of nitrogens with zero attached hydrogens (tertiary/aromatic N) is 2. The Morgan fingerprint density at radius 2 is 2.10 bits per heavy atom. The molecule has 2 heterocycles. The van der Waals surface area contributed by atoms with Gasteiger partial charge in [-0.2, -0.15) is 18.3 Å². The Bertz CT molecular complexity index is 920. The van der Waals surface area contributed by atoms with Crippen molar-refractivity contribution in [2.24, 2.45) is 0 Å². The fraction of sp³-hybridized carbons (Fsp3) is 0.421. The third-order valence-corrected chi connectivity index (χ3v) is 4.78. The Labute approximate surface area is 180 Å². The van der Waals surface area contributed by atoms with Crippen LogP contribution in [0.2, 0.25) is 5.02 Å². The smallest absolute Gasteiger partial charge is 0.475 e. The summed E-state index contributed by atoms with van der Waals surface area (Å²) in [6.45, 7) is 3.13. The van der Waals surface area contributed by atoms with Crippen molar-refractivity contribution >= 4 is 23.5 Å². The van der Waals surface area contributed by atoms with Gasteiger partial charge in [-0.1, -0.05) is 11.6 Å². The lowest BCUT2D eigenvalue weighted by Gasteiger charge is -2.32. The fourth-order valence-corrected chi connectivity index (χ4v) is 3.16. The van der Waals surface area contributed by atoms with Crippen LogP contribution >= 0.6 is 11.6 Å². The fourth-order valence-electron chi connectivity index (χ4n) is 2.97. The standard InChI is InChI=1S/C17H20ClFN4O.C2HF3O2/c1-2-23-10-12(9-21-23)17-15(5-6-16(24)22-17)20-8-11-7-13(18)3-4-14(11)19;3-2(4,5)1(6)7/h3-4,7,9-10,15,17,20H,2,5-6,8H2,1H3,(H,22,24);(H,6,7)/t15-,17+;/m1./s1. The van der Waals surface area contributed by atoms with Crippen molar-refractivity contribution in [2.75, 3.05) is 0 Å². The van der Waals surface area contributed by atoms with Crippen molar-refractivity contribution < 1.29 is 32.3 Å². The summed E-state index contributed by atoms with van der Waals surface area (Å²) in [6, 6.07) is 4.35. The van der Waals surface area contributed by atoms with Crippen LogP contribution in [0.4, 0.5) is 17.6 Å². The molecule has 1 aromatic heterocycles. The number of rotatable bonds is 5. The molecule has 1 aliphatic rings. The van der Waals surface area contributed by atoms with E-state index in [0.29, 0.717) is 30.0 Å². The molecular formula is C19H21ClF4N4O3. The van der Waals surface area contributed by atoms with Crippen LogP contribution in [0.5, 0.6) is 0 Å². The van der Waals surface area contributed by atoms with Crippen LogP contribution in [-0.2, 0) is 22.7 Å². The predicted molar refractivity (Wildman–Crippen MR) is 104 cm³/mol. The second kappa shape index (κ2) is 10.6. The molecule has 1 aromatic carbocycles. The lowest BCUT2D eigenvalue weighted by Crippen LogP contribution is -2.48. The summed E-state index contributed by atoms with van der Waals surface area (Å²) in [5.41, 5.74) is 1.47. The zero-order valence-electron chi connectivity index (χ0n) is 16.4. The van der Waals surface area contributed by atoms with Gasteiger partial charge in [0.1, 0.15) is 5.82 Å². The highest BCUT2D eigenvalue weighted by atomic mass is 35.5. The second-order valence-corrected chi connectivity index (χ2v) is 7.18. The molecule has 1 saturated heterocycles. The first-order valence-electron chi connectivity index (χ1n) is 9.30. The van der Waals surface area contributed by atoms with Gasteiger partial charge in [0.25, 0.3) is 0 Å². The van der Waals surface area contributed by atoms with E-state index in [1.54, 1.807) is 12.3 Å². The van der Waals surface area contributed by atoms with Gasteiger partial charge in [-0.15, -0.1) is 0 Å². The molecule has 3 N–H and O–H groups in total. The van der Waals surface area contributed by atoms with Crippen LogP contribution in [0.15, 0.2) is 30.6 Å². The molecule has 1 aliphatic heterocycles. The van der Waals surface area contributed by atoms with Gasteiger partial charge in [0.2, 0.25) is 5.91 Å². The number of aliphatic carboxylic acids is 1. The number of hydrogen-bond donors (Lipinski definition) is 3. The van der Waals surface area contributed by atoms with Crippen molar-refractivity contribution in [3.63, 3.8) is 0 Å². The molecule has 0 spiro atoms. The number of amides is 1. The summed E-state index contributed by atoms with van der Waals surface area (Å²) in [7, 11) is 0. The number of piperidine rings is 1. The first-order chi connectivity index (χ1) is 14.5. The van der Waals surface area contributed by atoms with Crippen LogP contribution in [0.25, 0.3) is 0 Å². The topological polar surface area (TPSA) is 96.3 Å². The number of carboxylic acids is 1. The molecule has 170 valence electrons. The minimum Gasteiger partial charge on any atom is -0.475 e. The van der Waals surface area contributed by atoms with Crippen LogP contribution < -0.4 is 10.6 Å². The number of halogens is 5. The lowest BCUT2D eigenvalue weighted by molar-refractivity contribution is -0.192. The maximum atomic E-state index is 13.9. The van der Waals surface area contributed by atoms with Crippen molar-refractivity contribution in [3.8, 4) is 0 Å². The maximum absolute atomic E-state index is 13.9. The SMILES string of the molecule is CCn1cc([C@@H]2NC(=O)CC[C@H]2NCc2cc(Cl)ccc2F)cn1.O=C(O)C(F)(F)F. The normalized spacial score (nSPS) is 18.7. The van der Waals surface area contributed by atoms with E-state index in [1.165, 1.54) is 12.1 Å². The Hall–Kier alpha value is -2.66. The van der Waals surface area contributed by atoms with E-state index >= 15 is 0 Å². The number of hydrogen-bond acceptors (Lipinski definition) is 4. The molecule has 3 rings (SSSR count). The predicted octanol–water partition coefficient (Wildman–Crippen LogP) is 3.44. The van der Waals surface area contributed by atoms with Crippen LogP contribution in [-0.4, -0.2) is 39.0 Å². The summed E-state index contributed by atoms with van der Waals surface area (Å²) in [5, 5.41) is 18.3. The molecule has 0 aliphatic carbocycles. The highest BCUT2D eigenvalue weighted by Crippen LogP contribution is 2.25. The zero-order chi connectivity index (χ0) is 23.2. The van der Waals surface area contributed by atoms with Crippen molar-refractivity contribution in [3.05, 3.63) is 52.6 Å². The van der Waals surface area contributed by atoms with E-state index in [9.17, 15) is 22.4 Å². The molecule has 1 amide bonds. The molecule has 1 fully saturated rings. The first kappa shape index (κ1) is 24.6. The monoisotopic (exact) mass is 464 g/mol. The molecule has 12 heteroatoms. The van der Waals surface area contributed by atoms with Crippen LogP contribution in [0.3, 0.4) is 0 Å². The molecular weight excluding hydrogens is 444 g/mol. The Balaban J connectivity index is 0.000000423. The van der Waals surface area contributed by atoms with Crippen molar-refractivity contribution in [2.45, 2.75) is 51.1 Å². The largest absolute Gasteiger partial charge is 0.490 e. The van der Waals surface area contributed by atoms with E-state index < -0.39 is 12.1 Å². The minimum absolute atomic E-state index is 0.00980. The molecule has 7 nitrogen and oxygen atoms in total. The quantitative estimate of drug-likeness (QED) is 0.589. The van der Waals surface area contributed by atoms with Crippen molar-refractivity contribution in [1.29, 1.82) is 0 Å². The van der Waals surface area contributed by atoms with Crippen LogP contribution in [0, 0.1) is 5.82 Å². The number of aromatic nitrogens is 2. The van der Waals surface area contributed by atoms with Gasteiger partial charge in [-0.25, -0.2) is 9.18 Å². The number of aryl methyl sites for hydroxylation is 1. The third-order valence-electron chi connectivity index (χ3n) is 4.54. The van der Waals surface area contributed by atoms with Gasteiger partial charge in [0, 0.05) is 47.9 Å². The average Bonchev–Trinajstić information content (AvgIpc) is 3.18. The summed E-state index contributed by atoms with van der Waals surface area (Å²) in [5.74, 6) is -3.02. The average molecular weight is 465 g/mol. The molecule has 0 unspecified atom stereocenters. The van der Waals surface area contributed by atoms with Gasteiger partial charge >= 0.3 is 12.1 Å². The zero-order valence-corrected chi connectivity index (χ0v) is 17.2. The summed E-state index contributed by atoms with van der Waals surface area (Å²) >= 11 is 5.94. The molecule has 0 bridgehead atoms. The van der Waals surface area contributed by atoms with E-state index in [1.807, 2.05) is 17.8 Å². The molecule has 2 aromatic rings. The molecule has 0 saturated carbocycles. The third kappa shape index (κ3) is 7.21. The van der Waals surface area contributed by atoms with Gasteiger partial charge in [0.05, 0.1) is 12.2 Å². The molecule has 0 radical (unpaired) electrons. The van der Waals surface area contributed by atoms with Gasteiger partial charge < -0.3 is 15.7 Å². The molecule has 2 atom stereocenters. The van der Waals surface area contributed by atoms with E-state index in [2.05, 4.69) is 15.7 Å². The summed E-state index contributed by atoms with van der Waals surface area (Å²) < 4.78 is 47.4. The van der Waals surface area contributed by atoms with Gasteiger partial charge in [-0.05, 0) is 31.5 Å². The minimum atomic E-state index is -5.08. The van der Waals surface area contributed by atoms with Crippen LogP contribution in [0.1, 0.15) is 36.9 Å². The second-order valence-electron chi connectivity index (χ2n) is 6.74. The number of nitrogens with one attached hydrogen (secondary N) is 2. The Morgan fingerprint density at radius 1 is 1.42 bits per heavy atom. The number of carbonyl (C=O) groups excluding carboxylic acids is 1.